The fourth-order valence-electron chi connectivity index (χ4n) is 7.06. The van der Waals surface area contributed by atoms with Crippen LogP contribution < -0.4 is 9.97 Å². The molecule has 1 aliphatic carbocycles. The number of fused-ring (bicyclic) bond motifs is 9. The van der Waals surface area contributed by atoms with Gasteiger partial charge >= 0.3 is 19.5 Å². The molecule has 0 N–H and O–H groups in total. The average molecular weight is 766 g/mol. The average Bonchev–Trinajstić information content (AvgIpc) is 4.03. The van der Waals surface area contributed by atoms with Crippen LogP contribution in [0.1, 0.15) is 62.9 Å². The molecule has 0 unspecified atom stereocenters. The molecule has 0 radical (unpaired) electrons. The van der Waals surface area contributed by atoms with Crippen LogP contribution in [0.5, 0.6) is 0 Å². The molecule has 7 nitrogen and oxygen atoms in total. The van der Waals surface area contributed by atoms with Gasteiger partial charge in [0.15, 0.2) is 11.5 Å². The van der Waals surface area contributed by atoms with E-state index in [9.17, 15) is 9.59 Å². The molecule has 0 saturated heterocycles. The first-order chi connectivity index (χ1) is 26.4. The van der Waals surface area contributed by atoms with Crippen molar-refractivity contribution < 1.29 is 33.8 Å². The largest absolute Gasteiger partial charge is 2.00 e. The summed E-state index contributed by atoms with van der Waals surface area (Å²) in [5.74, 6) is -0.586. The fraction of sp³-hybridized carbons (Fsp3) is 0.0638. The topological polar surface area (TPSA) is 97.3 Å². The number of ether oxygens (including phenoxy) is 1. The van der Waals surface area contributed by atoms with E-state index in [0.717, 1.165) is 55.9 Å². The minimum absolute atomic E-state index is 0. The second kappa shape index (κ2) is 14.7. The molecule has 0 spiro atoms. The quantitative estimate of drug-likeness (QED) is 0.156. The van der Waals surface area contributed by atoms with Crippen molar-refractivity contribution in [3.8, 4) is 22.3 Å². The molecule has 6 aromatic rings. The Balaban J connectivity index is 0.00000427. The number of Topliss-reactive ketones (excluding diaryl/α,β-unsaturated/α-hetero) is 2. The van der Waals surface area contributed by atoms with Crippen molar-refractivity contribution in [2.75, 3.05) is 0 Å². The van der Waals surface area contributed by atoms with Crippen molar-refractivity contribution in [2.24, 2.45) is 0 Å². The molecule has 0 atom stereocenters. The zero-order chi connectivity index (χ0) is 36.8. The maximum absolute atomic E-state index is 14.0. The summed E-state index contributed by atoms with van der Waals surface area (Å²) in [5.41, 5.74) is 11.1. The molecule has 8 bridgehead atoms. The van der Waals surface area contributed by atoms with Crippen molar-refractivity contribution in [1.29, 1.82) is 0 Å². The van der Waals surface area contributed by atoms with E-state index in [2.05, 4.69) is 0 Å². The van der Waals surface area contributed by atoms with Crippen LogP contribution in [0.15, 0.2) is 133 Å². The molecule has 5 heterocycles. The Kier molecular flexibility index (Phi) is 9.52. The van der Waals surface area contributed by atoms with Crippen molar-refractivity contribution >= 4 is 64.0 Å². The molecule has 55 heavy (non-hydrogen) atoms. The van der Waals surface area contributed by atoms with E-state index < -0.39 is 0 Å². The number of carbonyl (C=O) groups is 2. The third-order valence-corrected chi connectivity index (χ3v) is 9.48. The third kappa shape index (κ3) is 6.66. The van der Waals surface area contributed by atoms with E-state index in [4.69, 9.17) is 24.7 Å². The number of nitrogens with zero attached hydrogens (tertiary/aromatic N) is 4. The van der Waals surface area contributed by atoms with E-state index >= 15 is 0 Å². The van der Waals surface area contributed by atoms with Crippen LogP contribution in [0, 0.1) is 0 Å². The molecule has 0 saturated carbocycles. The van der Waals surface area contributed by atoms with Crippen LogP contribution in [-0.4, -0.2) is 27.6 Å². The molecule has 9 rings (SSSR count). The van der Waals surface area contributed by atoms with E-state index in [1.54, 1.807) is 30.3 Å². The van der Waals surface area contributed by atoms with Crippen LogP contribution in [0.2, 0.25) is 0 Å². The molecule has 8 heteroatoms. The zero-order valence-electron chi connectivity index (χ0n) is 30.2. The Bertz CT molecular complexity index is 2770. The van der Waals surface area contributed by atoms with Gasteiger partial charge in [0.05, 0.1) is 34.5 Å². The molecule has 260 valence electrons. The summed E-state index contributed by atoms with van der Waals surface area (Å²) in [6.45, 7) is 3.67. The van der Waals surface area contributed by atoms with Gasteiger partial charge in [-0.05, 0) is 72.0 Å². The van der Waals surface area contributed by atoms with Crippen molar-refractivity contribution in [1.82, 2.24) is 19.9 Å². The first-order valence-electron chi connectivity index (χ1n) is 17.8. The number of rotatable bonds is 6. The van der Waals surface area contributed by atoms with Gasteiger partial charge in [-0.2, -0.15) is 0 Å². The first-order valence-corrected chi connectivity index (χ1v) is 17.8. The number of carbonyl (C=O) groups excluding carboxylic acids is 2. The summed E-state index contributed by atoms with van der Waals surface area (Å²) in [5, 5.41) is 0. The standard InChI is InChI=1S/C47H34N4O3.Zn/c1-28(2)54-47-36(45(52)33-15-9-10-16-34(33)46(47)53)20-19-35-37-23-25-41(50-37)43(29-11-5-3-6-12-29)39-21-17-31(48-39)27-32-18-22-40(49-32)44(30-13-7-4-8-14-30)42-26-24-38(35)51-42;/h3-28H,1-2H3,(H2,48,49,50,51,52,53);/q;+2/p-2. The van der Waals surface area contributed by atoms with Gasteiger partial charge in [-0.15, -0.1) is 22.1 Å². The Morgan fingerprint density at radius 1 is 0.582 bits per heavy atom. The smallest absolute Gasteiger partial charge is 0.657 e. The van der Waals surface area contributed by atoms with Crippen LogP contribution >= 0.6 is 0 Å². The van der Waals surface area contributed by atoms with Gasteiger partial charge in [-0.1, -0.05) is 121 Å². The summed E-state index contributed by atoms with van der Waals surface area (Å²) in [6.07, 6.45) is 11.1. The molecule has 2 aliphatic heterocycles. The molecule has 0 fully saturated rings. The van der Waals surface area contributed by atoms with Crippen LogP contribution in [0.25, 0.3) is 74.7 Å². The van der Waals surface area contributed by atoms with Crippen molar-refractivity contribution in [3.63, 3.8) is 0 Å². The molecule has 3 aliphatic rings. The second-order valence-corrected chi connectivity index (χ2v) is 13.4. The van der Waals surface area contributed by atoms with Crippen molar-refractivity contribution in [2.45, 2.75) is 20.0 Å². The van der Waals surface area contributed by atoms with Crippen molar-refractivity contribution in [3.05, 3.63) is 172 Å². The Morgan fingerprint density at radius 2 is 1.15 bits per heavy atom. The Hall–Kier alpha value is -6.50. The number of aromatic nitrogens is 4. The third-order valence-electron chi connectivity index (χ3n) is 9.48. The molecule has 3 aromatic heterocycles. The molecular weight excluding hydrogens is 734 g/mol. The first kappa shape index (κ1) is 35.5. The van der Waals surface area contributed by atoms with Gasteiger partial charge in [0.2, 0.25) is 5.78 Å². The maximum atomic E-state index is 14.0. The van der Waals surface area contributed by atoms with E-state index in [1.165, 1.54) is 0 Å². The van der Waals surface area contributed by atoms with E-state index in [-0.39, 0.29) is 48.5 Å². The van der Waals surface area contributed by atoms with Gasteiger partial charge in [-0.3, -0.25) is 9.59 Å². The van der Waals surface area contributed by atoms with Gasteiger partial charge in [0.25, 0.3) is 0 Å². The Morgan fingerprint density at radius 3 is 1.84 bits per heavy atom. The maximum Gasteiger partial charge on any atom is 2.00 e. The SMILES string of the molecule is CC(C)OC1=C(/C=C/c2c3nc(c(-c4ccccc4)c4ccc(cc5nc(c(-c6ccccc6)c6ccc2[n-]6)C=C5)[n-]4)C=C3)C(=O)c2ccccc2C1=O.[Zn+2]. The normalized spacial score (nSPS) is 13.4. The predicted octanol–water partition coefficient (Wildman–Crippen LogP) is 10.0. The second-order valence-electron chi connectivity index (χ2n) is 13.4. The van der Waals surface area contributed by atoms with Gasteiger partial charge in [0, 0.05) is 11.1 Å². The van der Waals surface area contributed by atoms with E-state index in [1.807, 2.05) is 135 Å². The van der Waals surface area contributed by atoms with Crippen LogP contribution in [-0.2, 0) is 24.2 Å². The zero-order valence-corrected chi connectivity index (χ0v) is 33.2. The molecule has 0 amide bonds. The Labute approximate surface area is 330 Å². The number of allylic oxidation sites excluding steroid dienone is 3. The number of benzene rings is 3. The summed E-state index contributed by atoms with van der Waals surface area (Å²) >= 11 is 0. The summed E-state index contributed by atoms with van der Waals surface area (Å²) in [4.78, 5) is 48.3. The minimum atomic E-state index is -0.327. The number of hydrogen-bond donors (Lipinski definition) is 0. The summed E-state index contributed by atoms with van der Waals surface area (Å²) in [7, 11) is 0. The van der Waals surface area contributed by atoms with Gasteiger partial charge in [-0.25, -0.2) is 9.97 Å². The molecular formula is C47H32N4O3Zn. The monoisotopic (exact) mass is 764 g/mol. The number of hydrogen-bond acceptors (Lipinski definition) is 5. The van der Waals surface area contributed by atoms with Crippen LogP contribution in [0.4, 0.5) is 0 Å². The minimum Gasteiger partial charge on any atom is -0.657 e. The van der Waals surface area contributed by atoms with Gasteiger partial charge < -0.3 is 14.7 Å². The predicted molar refractivity (Wildman–Crippen MR) is 215 cm³/mol. The fourth-order valence-corrected chi connectivity index (χ4v) is 7.06. The van der Waals surface area contributed by atoms with E-state index in [0.29, 0.717) is 27.9 Å². The summed E-state index contributed by atoms with van der Waals surface area (Å²) < 4.78 is 6.05. The van der Waals surface area contributed by atoms with Crippen LogP contribution in [0.3, 0.4) is 0 Å². The number of ketones is 2. The molecule has 3 aromatic carbocycles. The summed E-state index contributed by atoms with van der Waals surface area (Å²) in [6, 6.07) is 36.9. The van der Waals surface area contributed by atoms with Gasteiger partial charge in [0.1, 0.15) is 0 Å².